The van der Waals surface area contributed by atoms with Crippen LogP contribution in [-0.4, -0.2) is 76.1 Å². The predicted molar refractivity (Wildman–Crippen MR) is 162 cm³/mol. The molecule has 3 aliphatic rings. The largest absolute Gasteiger partial charge is 0.394 e. The second-order valence-corrected chi connectivity index (χ2v) is 11.7. The summed E-state index contributed by atoms with van der Waals surface area (Å²) in [4.78, 5) is 48.0. The molecular formula is C33H38ClN3O5. The van der Waals surface area contributed by atoms with Crippen LogP contribution in [0, 0.1) is 11.8 Å². The lowest BCUT2D eigenvalue weighted by Crippen LogP contribution is -2.59. The molecule has 0 aromatic heterocycles. The minimum Gasteiger partial charge on any atom is -0.394 e. The van der Waals surface area contributed by atoms with Crippen molar-refractivity contribution in [2.24, 2.45) is 11.8 Å². The van der Waals surface area contributed by atoms with Crippen molar-refractivity contribution in [3.63, 3.8) is 0 Å². The molecule has 2 bridgehead atoms. The Morgan fingerprint density at radius 1 is 1.12 bits per heavy atom. The second-order valence-electron chi connectivity index (χ2n) is 11.3. The quantitative estimate of drug-likeness (QED) is 0.373. The third kappa shape index (κ3) is 5.06. The molecule has 2 unspecified atom stereocenters. The van der Waals surface area contributed by atoms with Crippen molar-refractivity contribution in [2.45, 2.75) is 56.5 Å². The van der Waals surface area contributed by atoms with Crippen LogP contribution in [0.5, 0.6) is 0 Å². The van der Waals surface area contributed by atoms with Crippen molar-refractivity contribution in [3.8, 4) is 0 Å². The minimum atomic E-state index is -1.18. The maximum Gasteiger partial charge on any atom is 0.253 e. The van der Waals surface area contributed by atoms with E-state index in [9.17, 15) is 19.5 Å². The van der Waals surface area contributed by atoms with Crippen LogP contribution >= 0.6 is 11.6 Å². The molecule has 2 aromatic carbocycles. The number of ether oxygens (including phenoxy) is 1. The number of aliphatic hydroxyl groups is 1. The molecule has 9 heteroatoms. The van der Waals surface area contributed by atoms with Crippen LogP contribution in [0.3, 0.4) is 0 Å². The highest BCUT2D eigenvalue weighted by molar-refractivity contribution is 6.30. The molecule has 42 heavy (non-hydrogen) atoms. The molecule has 1 N–H and O–H groups in total. The Labute approximate surface area is 252 Å². The molecule has 8 nitrogen and oxygen atoms in total. The van der Waals surface area contributed by atoms with Crippen LogP contribution in [0.4, 0.5) is 5.69 Å². The SMILES string of the molecule is C=CCN(Cc1ccccc1)C(=O)[C@@H]1[C@@H]2CCC3(O2)C(C(=O)N(CC=C)c2ccc(Cl)cc2)N([C@@H](CC)CO)C(=O)[C@H]13. The number of anilines is 1. The molecule has 0 aliphatic carbocycles. The maximum atomic E-state index is 14.6. The predicted octanol–water partition coefficient (Wildman–Crippen LogP) is 4.22. The van der Waals surface area contributed by atoms with E-state index in [1.165, 1.54) is 4.90 Å². The maximum absolute atomic E-state index is 14.6. The summed E-state index contributed by atoms with van der Waals surface area (Å²) in [6.45, 7) is 10.1. The number of likely N-dealkylation sites (tertiary alicyclic amines) is 1. The van der Waals surface area contributed by atoms with Gasteiger partial charge in [0.2, 0.25) is 11.8 Å². The summed E-state index contributed by atoms with van der Waals surface area (Å²) in [6, 6.07) is 15.0. The van der Waals surface area contributed by atoms with Gasteiger partial charge in [-0.1, -0.05) is 61.0 Å². The fraction of sp³-hybridized carbons (Fsp3) is 0.424. The number of carbonyl (C=O) groups excluding carboxylic acids is 3. The average Bonchev–Trinajstić information content (AvgIpc) is 3.64. The Balaban J connectivity index is 1.55. The molecule has 3 saturated heterocycles. The fourth-order valence-corrected chi connectivity index (χ4v) is 7.21. The van der Waals surface area contributed by atoms with Gasteiger partial charge in [-0.2, -0.15) is 0 Å². The number of nitrogens with zero attached hydrogens (tertiary/aromatic N) is 3. The lowest BCUT2D eigenvalue weighted by molar-refractivity contribution is -0.147. The van der Waals surface area contributed by atoms with E-state index >= 15 is 0 Å². The minimum absolute atomic E-state index is 0.186. The Kier molecular flexibility index (Phi) is 8.87. The standard InChI is InChI=1S/C33H38ClN3O5/c1-4-18-35(20-22-10-8-7-9-11-22)30(39)27-26-16-17-33(42-26)28(27)31(40)37(24(6-3)21-38)29(33)32(41)36(19-5-2)25-14-12-23(34)13-15-25/h4-5,7-15,24,26-29,38H,1-2,6,16-21H2,3H3/t24-,26-,27+,28-,29?,33?/m0/s1. The monoisotopic (exact) mass is 591 g/mol. The molecule has 0 radical (unpaired) electrons. The van der Waals surface area contributed by atoms with Crippen LogP contribution in [0.1, 0.15) is 31.7 Å². The van der Waals surface area contributed by atoms with Gasteiger partial charge < -0.3 is 24.5 Å². The number of hydrogen-bond donors (Lipinski definition) is 1. The third-order valence-electron chi connectivity index (χ3n) is 8.93. The zero-order valence-electron chi connectivity index (χ0n) is 23.9. The first-order chi connectivity index (χ1) is 20.3. The molecule has 0 saturated carbocycles. The van der Waals surface area contributed by atoms with Crippen molar-refractivity contribution in [3.05, 3.63) is 90.5 Å². The number of halogens is 1. The van der Waals surface area contributed by atoms with Crippen molar-refractivity contribution < 1.29 is 24.2 Å². The van der Waals surface area contributed by atoms with Crippen LogP contribution in [0.2, 0.25) is 5.02 Å². The molecule has 3 aliphatic heterocycles. The van der Waals surface area contributed by atoms with E-state index in [0.717, 1.165) is 5.56 Å². The van der Waals surface area contributed by atoms with E-state index < -0.39 is 35.6 Å². The smallest absolute Gasteiger partial charge is 0.253 e. The summed E-state index contributed by atoms with van der Waals surface area (Å²) >= 11 is 6.12. The number of hydrogen-bond acceptors (Lipinski definition) is 5. The lowest BCUT2D eigenvalue weighted by Gasteiger charge is -2.39. The van der Waals surface area contributed by atoms with Gasteiger partial charge in [0.15, 0.2) is 0 Å². The normalized spacial score (nSPS) is 26.5. The van der Waals surface area contributed by atoms with Gasteiger partial charge in [-0.05, 0) is 49.1 Å². The first kappa shape index (κ1) is 30.0. The highest BCUT2D eigenvalue weighted by Gasteiger charge is 2.75. The van der Waals surface area contributed by atoms with Gasteiger partial charge in [-0.15, -0.1) is 13.2 Å². The van der Waals surface area contributed by atoms with Gasteiger partial charge in [0.25, 0.3) is 5.91 Å². The number of aliphatic hydroxyl groups excluding tert-OH is 1. The number of amides is 3. The van der Waals surface area contributed by atoms with E-state index in [1.807, 2.05) is 37.3 Å². The highest BCUT2D eigenvalue weighted by Crippen LogP contribution is 2.59. The number of benzene rings is 2. The van der Waals surface area contributed by atoms with Crippen molar-refractivity contribution in [1.82, 2.24) is 9.80 Å². The molecule has 6 atom stereocenters. The first-order valence-corrected chi connectivity index (χ1v) is 14.9. The van der Waals surface area contributed by atoms with Gasteiger partial charge in [-0.3, -0.25) is 14.4 Å². The summed E-state index contributed by atoms with van der Waals surface area (Å²) < 4.78 is 6.64. The third-order valence-corrected chi connectivity index (χ3v) is 9.18. The number of carbonyl (C=O) groups is 3. The van der Waals surface area contributed by atoms with Crippen LogP contribution in [0.15, 0.2) is 79.9 Å². The zero-order valence-corrected chi connectivity index (χ0v) is 24.7. The van der Waals surface area contributed by atoms with E-state index in [1.54, 1.807) is 46.2 Å². The molecule has 5 rings (SSSR count). The van der Waals surface area contributed by atoms with E-state index in [4.69, 9.17) is 16.3 Å². The second kappa shape index (κ2) is 12.4. The summed E-state index contributed by atoms with van der Waals surface area (Å²) in [5.41, 5.74) is 0.391. The topological polar surface area (TPSA) is 90.4 Å². The van der Waals surface area contributed by atoms with Crippen LogP contribution < -0.4 is 4.90 Å². The summed E-state index contributed by atoms with van der Waals surface area (Å²) in [5, 5.41) is 10.9. The Morgan fingerprint density at radius 3 is 2.43 bits per heavy atom. The molecule has 222 valence electrons. The van der Waals surface area contributed by atoms with Crippen LogP contribution in [-0.2, 0) is 25.7 Å². The van der Waals surface area contributed by atoms with Gasteiger partial charge in [0.1, 0.15) is 11.6 Å². The van der Waals surface area contributed by atoms with E-state index in [-0.39, 0.29) is 30.9 Å². The molecule has 3 heterocycles. The van der Waals surface area contributed by atoms with Gasteiger partial charge in [0, 0.05) is 30.3 Å². The lowest BCUT2D eigenvalue weighted by atomic mass is 9.70. The van der Waals surface area contributed by atoms with Crippen molar-refractivity contribution in [1.29, 1.82) is 0 Å². The average molecular weight is 592 g/mol. The summed E-state index contributed by atoms with van der Waals surface area (Å²) in [6.07, 6.45) is 4.29. The van der Waals surface area contributed by atoms with E-state index in [0.29, 0.717) is 43.1 Å². The summed E-state index contributed by atoms with van der Waals surface area (Å²) in [5.74, 6) is -2.41. The van der Waals surface area contributed by atoms with Crippen LogP contribution in [0.25, 0.3) is 0 Å². The molecule has 3 fully saturated rings. The Morgan fingerprint density at radius 2 is 1.81 bits per heavy atom. The van der Waals surface area contributed by atoms with Gasteiger partial charge >= 0.3 is 0 Å². The van der Waals surface area contributed by atoms with Crippen molar-refractivity contribution in [2.75, 3.05) is 24.6 Å². The Hall–Kier alpha value is -3.46. The zero-order chi connectivity index (χ0) is 30.0. The fourth-order valence-electron chi connectivity index (χ4n) is 7.08. The van der Waals surface area contributed by atoms with E-state index in [2.05, 4.69) is 13.2 Å². The van der Waals surface area contributed by atoms with Gasteiger partial charge in [-0.25, -0.2) is 0 Å². The number of rotatable bonds is 12. The van der Waals surface area contributed by atoms with Crippen molar-refractivity contribution >= 4 is 35.0 Å². The molecule has 3 amide bonds. The highest BCUT2D eigenvalue weighted by atomic mass is 35.5. The summed E-state index contributed by atoms with van der Waals surface area (Å²) in [7, 11) is 0. The number of fused-ring (bicyclic) bond motifs is 1. The molecule has 2 aromatic rings. The van der Waals surface area contributed by atoms with Gasteiger partial charge in [0.05, 0.1) is 30.6 Å². The molecular weight excluding hydrogens is 554 g/mol. The molecule has 1 spiro atoms. The Bertz CT molecular complexity index is 1330. The first-order valence-electron chi connectivity index (χ1n) is 14.5.